The molecule has 0 saturated carbocycles. The summed E-state index contributed by atoms with van der Waals surface area (Å²) < 4.78 is 0. The number of hydrogen-bond donors (Lipinski definition) is 0. The van der Waals surface area contributed by atoms with Gasteiger partial charge in [-0.1, -0.05) is 72.0 Å². The van der Waals surface area contributed by atoms with Crippen molar-refractivity contribution in [3.05, 3.63) is 12.2 Å². The van der Waals surface area contributed by atoms with Crippen molar-refractivity contribution in [2.45, 2.75) is 79.1 Å². The highest BCUT2D eigenvalue weighted by Gasteiger charge is 2.05. The van der Waals surface area contributed by atoms with Crippen molar-refractivity contribution in [3.8, 4) is 0 Å². The molecule has 0 heterocycles. The summed E-state index contributed by atoms with van der Waals surface area (Å²) in [4.78, 5) is 0. The van der Waals surface area contributed by atoms with Crippen LogP contribution in [0.4, 0.5) is 0 Å². The maximum atomic E-state index is 2.39. The molecule has 0 fully saturated rings. The molecule has 1 atom stereocenters. The zero-order valence-corrected chi connectivity index (χ0v) is 12.0. The van der Waals surface area contributed by atoms with Gasteiger partial charge < -0.3 is 0 Å². The monoisotopic (exact) mass is 224 g/mol. The molecule has 0 bridgehead atoms. The van der Waals surface area contributed by atoms with E-state index in [0.29, 0.717) is 0 Å². The Labute approximate surface area is 104 Å². The first kappa shape index (κ1) is 15.7. The topological polar surface area (TPSA) is 0 Å². The zero-order valence-electron chi connectivity index (χ0n) is 12.0. The molecule has 0 aliphatic heterocycles. The number of unbranched alkanes of at least 4 members (excludes halogenated alkanes) is 5. The maximum absolute atomic E-state index is 2.39. The largest absolute Gasteiger partial charge is 0.0888 e. The summed E-state index contributed by atoms with van der Waals surface area (Å²) in [6, 6.07) is 0. The average molecular weight is 224 g/mol. The van der Waals surface area contributed by atoms with Crippen LogP contribution >= 0.6 is 0 Å². The fourth-order valence-electron chi connectivity index (χ4n) is 1.88. The minimum absolute atomic E-state index is 0.860. The number of allylic oxidation sites excluding steroid dienone is 2. The van der Waals surface area contributed by atoms with Crippen molar-refractivity contribution in [2.75, 3.05) is 0 Å². The van der Waals surface area contributed by atoms with Gasteiger partial charge >= 0.3 is 0 Å². The minimum atomic E-state index is 0.860. The molecule has 96 valence electrons. The molecule has 0 aliphatic rings. The molecule has 0 nitrogen and oxygen atoms in total. The van der Waals surface area contributed by atoms with E-state index >= 15 is 0 Å². The predicted octanol–water partition coefficient (Wildman–Crippen LogP) is 5.98. The third-order valence-electron chi connectivity index (χ3n) is 3.57. The highest BCUT2D eigenvalue weighted by Crippen LogP contribution is 2.18. The van der Waals surface area contributed by atoms with Crippen molar-refractivity contribution in [1.82, 2.24) is 0 Å². The fourth-order valence-corrected chi connectivity index (χ4v) is 1.88. The van der Waals surface area contributed by atoms with Crippen molar-refractivity contribution in [1.29, 1.82) is 0 Å². The van der Waals surface area contributed by atoms with Crippen molar-refractivity contribution in [3.63, 3.8) is 0 Å². The first-order chi connectivity index (χ1) is 7.68. The SMILES string of the molecule is CC/C=C/CCCCCCCC(C)C(C)C. The second-order valence-electron chi connectivity index (χ2n) is 5.45. The Hall–Kier alpha value is -0.260. The first-order valence-electron chi connectivity index (χ1n) is 7.33. The molecular formula is C16H32. The molecule has 0 rings (SSSR count). The Morgan fingerprint density at radius 2 is 1.44 bits per heavy atom. The maximum Gasteiger partial charge on any atom is -0.0351 e. The summed E-state index contributed by atoms with van der Waals surface area (Å²) in [7, 11) is 0. The Bertz CT molecular complexity index is 155. The van der Waals surface area contributed by atoms with Crippen molar-refractivity contribution < 1.29 is 0 Å². The van der Waals surface area contributed by atoms with E-state index in [1.54, 1.807) is 0 Å². The summed E-state index contributed by atoms with van der Waals surface area (Å²) in [5.41, 5.74) is 0. The van der Waals surface area contributed by atoms with E-state index < -0.39 is 0 Å². The van der Waals surface area contributed by atoms with Gasteiger partial charge in [0.1, 0.15) is 0 Å². The van der Waals surface area contributed by atoms with Gasteiger partial charge in [-0.05, 0) is 31.1 Å². The third-order valence-corrected chi connectivity index (χ3v) is 3.57. The minimum Gasteiger partial charge on any atom is -0.0888 e. The van der Waals surface area contributed by atoms with Crippen molar-refractivity contribution in [2.24, 2.45) is 11.8 Å². The van der Waals surface area contributed by atoms with Crippen LogP contribution in [-0.2, 0) is 0 Å². The van der Waals surface area contributed by atoms with Crippen LogP contribution in [0.25, 0.3) is 0 Å². The molecule has 16 heavy (non-hydrogen) atoms. The van der Waals surface area contributed by atoms with E-state index in [9.17, 15) is 0 Å². The number of hydrogen-bond acceptors (Lipinski definition) is 0. The van der Waals surface area contributed by atoms with Gasteiger partial charge in [0.15, 0.2) is 0 Å². The van der Waals surface area contributed by atoms with Crippen LogP contribution in [0.5, 0.6) is 0 Å². The van der Waals surface area contributed by atoms with Crippen molar-refractivity contribution >= 4 is 0 Å². The summed E-state index contributed by atoms with van der Waals surface area (Å²) in [5.74, 6) is 1.77. The Morgan fingerprint density at radius 1 is 0.812 bits per heavy atom. The van der Waals surface area contributed by atoms with Crippen LogP contribution in [0.1, 0.15) is 79.1 Å². The summed E-state index contributed by atoms with van der Waals surface area (Å²) >= 11 is 0. The summed E-state index contributed by atoms with van der Waals surface area (Å²) in [6.07, 6.45) is 15.6. The lowest BCUT2D eigenvalue weighted by molar-refractivity contribution is 0.375. The van der Waals surface area contributed by atoms with Gasteiger partial charge in [-0.2, -0.15) is 0 Å². The van der Waals surface area contributed by atoms with Crippen LogP contribution in [0.2, 0.25) is 0 Å². The highest BCUT2D eigenvalue weighted by molar-refractivity contribution is 4.79. The molecule has 0 radical (unpaired) electrons. The van der Waals surface area contributed by atoms with E-state index in [1.807, 2.05) is 0 Å². The van der Waals surface area contributed by atoms with Gasteiger partial charge in [0.05, 0.1) is 0 Å². The van der Waals surface area contributed by atoms with E-state index in [1.165, 1.54) is 51.4 Å². The predicted molar refractivity (Wildman–Crippen MR) is 75.8 cm³/mol. The third kappa shape index (κ3) is 10.3. The first-order valence-corrected chi connectivity index (χ1v) is 7.33. The lowest BCUT2D eigenvalue weighted by Gasteiger charge is -2.14. The van der Waals surface area contributed by atoms with Crippen LogP contribution in [0, 0.1) is 11.8 Å². The van der Waals surface area contributed by atoms with E-state index in [0.717, 1.165) is 11.8 Å². The summed E-state index contributed by atoms with van der Waals surface area (Å²) in [6.45, 7) is 9.27. The average Bonchev–Trinajstić information content (AvgIpc) is 2.26. The molecule has 0 spiro atoms. The van der Waals surface area contributed by atoms with E-state index in [4.69, 9.17) is 0 Å². The van der Waals surface area contributed by atoms with E-state index in [2.05, 4.69) is 39.8 Å². The smallest absolute Gasteiger partial charge is 0.0351 e. The summed E-state index contributed by atoms with van der Waals surface area (Å²) in [5, 5.41) is 0. The molecule has 0 aromatic rings. The standard InChI is InChI=1S/C16H32/c1-5-6-7-8-9-10-11-12-13-14-16(4)15(2)3/h6-7,15-16H,5,8-14H2,1-4H3/b7-6+. The molecule has 0 saturated heterocycles. The van der Waals surface area contributed by atoms with Crippen LogP contribution in [-0.4, -0.2) is 0 Å². The molecular weight excluding hydrogens is 192 g/mol. The Kier molecular flexibility index (Phi) is 11.0. The second kappa shape index (κ2) is 11.2. The van der Waals surface area contributed by atoms with Gasteiger partial charge in [-0.15, -0.1) is 0 Å². The van der Waals surface area contributed by atoms with Crippen LogP contribution < -0.4 is 0 Å². The van der Waals surface area contributed by atoms with Crippen LogP contribution in [0.15, 0.2) is 12.2 Å². The molecule has 1 unspecified atom stereocenters. The van der Waals surface area contributed by atoms with Gasteiger partial charge in [0, 0.05) is 0 Å². The molecule has 0 aromatic carbocycles. The van der Waals surface area contributed by atoms with Gasteiger partial charge in [-0.25, -0.2) is 0 Å². The van der Waals surface area contributed by atoms with Gasteiger partial charge in [-0.3, -0.25) is 0 Å². The quantitative estimate of drug-likeness (QED) is 0.316. The second-order valence-corrected chi connectivity index (χ2v) is 5.45. The molecule has 0 amide bonds. The Balaban J connectivity index is 3.12. The lowest BCUT2D eigenvalue weighted by atomic mass is 9.92. The Morgan fingerprint density at radius 3 is 2.06 bits per heavy atom. The van der Waals surface area contributed by atoms with Gasteiger partial charge in [0.25, 0.3) is 0 Å². The zero-order chi connectivity index (χ0) is 12.2. The van der Waals surface area contributed by atoms with E-state index in [-0.39, 0.29) is 0 Å². The molecule has 0 aromatic heterocycles. The lowest BCUT2D eigenvalue weighted by Crippen LogP contribution is -2.03. The molecule has 0 heteroatoms. The van der Waals surface area contributed by atoms with Gasteiger partial charge in [0.2, 0.25) is 0 Å². The molecule has 0 N–H and O–H groups in total. The normalized spacial score (nSPS) is 13.8. The fraction of sp³-hybridized carbons (Fsp3) is 0.875. The molecule has 0 aliphatic carbocycles. The highest BCUT2D eigenvalue weighted by atomic mass is 14.1. The number of rotatable bonds is 10. The van der Waals surface area contributed by atoms with Crippen LogP contribution in [0.3, 0.4) is 0 Å².